The molecule has 1 fully saturated rings. The summed E-state index contributed by atoms with van der Waals surface area (Å²) in [6.07, 6.45) is 6.54. The van der Waals surface area contributed by atoms with E-state index < -0.39 is 0 Å². The zero-order valence-corrected chi connectivity index (χ0v) is 7.86. The second kappa shape index (κ2) is 3.32. The molecule has 3 nitrogen and oxygen atoms in total. The Labute approximate surface area is 77.4 Å². The van der Waals surface area contributed by atoms with Gasteiger partial charge >= 0.3 is 0 Å². The van der Waals surface area contributed by atoms with Gasteiger partial charge in [0.05, 0.1) is 0 Å². The van der Waals surface area contributed by atoms with Gasteiger partial charge in [-0.05, 0) is 12.8 Å². The topological polar surface area (TPSA) is 34.9 Å². The van der Waals surface area contributed by atoms with E-state index in [0.29, 0.717) is 5.92 Å². The number of rotatable bonds is 1. The van der Waals surface area contributed by atoms with E-state index in [1.54, 1.807) is 10.8 Å². The van der Waals surface area contributed by atoms with Crippen molar-refractivity contribution in [3.8, 4) is 0 Å². The van der Waals surface area contributed by atoms with Gasteiger partial charge in [0.1, 0.15) is 5.82 Å². The molecular weight excluding hydrogens is 164 g/mol. The van der Waals surface area contributed by atoms with Crippen LogP contribution in [0.25, 0.3) is 0 Å². The van der Waals surface area contributed by atoms with Crippen LogP contribution in [-0.2, 0) is 7.05 Å². The summed E-state index contributed by atoms with van der Waals surface area (Å²) in [4.78, 5) is 15.6. The van der Waals surface area contributed by atoms with E-state index in [-0.39, 0.29) is 5.56 Å². The number of hydrogen-bond donors (Lipinski definition) is 0. The van der Waals surface area contributed by atoms with Crippen LogP contribution in [0.1, 0.15) is 37.4 Å². The molecule has 1 saturated carbocycles. The lowest BCUT2D eigenvalue weighted by atomic mass is 10.1. The van der Waals surface area contributed by atoms with Gasteiger partial charge in [-0.1, -0.05) is 12.8 Å². The van der Waals surface area contributed by atoms with Crippen molar-refractivity contribution in [2.75, 3.05) is 0 Å². The summed E-state index contributed by atoms with van der Waals surface area (Å²) >= 11 is 0. The third-order valence-electron chi connectivity index (χ3n) is 2.82. The van der Waals surface area contributed by atoms with Crippen LogP contribution in [0.4, 0.5) is 0 Å². The molecule has 0 aliphatic heterocycles. The fraction of sp³-hybridized carbons (Fsp3) is 0.600. The molecule has 1 aliphatic carbocycles. The third-order valence-corrected chi connectivity index (χ3v) is 2.82. The maximum Gasteiger partial charge on any atom is 0.253 e. The second-order valence-electron chi connectivity index (χ2n) is 3.68. The van der Waals surface area contributed by atoms with Crippen LogP contribution >= 0.6 is 0 Å². The highest BCUT2D eigenvalue weighted by atomic mass is 16.1. The summed E-state index contributed by atoms with van der Waals surface area (Å²) < 4.78 is 1.68. The van der Waals surface area contributed by atoms with Gasteiger partial charge in [-0.3, -0.25) is 9.36 Å². The van der Waals surface area contributed by atoms with Crippen LogP contribution in [0.15, 0.2) is 17.1 Å². The minimum Gasteiger partial charge on any atom is -0.300 e. The molecule has 0 amide bonds. The van der Waals surface area contributed by atoms with E-state index in [2.05, 4.69) is 4.98 Å². The van der Waals surface area contributed by atoms with Gasteiger partial charge in [0, 0.05) is 25.2 Å². The van der Waals surface area contributed by atoms with Crippen molar-refractivity contribution >= 4 is 0 Å². The summed E-state index contributed by atoms with van der Waals surface area (Å²) in [6.45, 7) is 0. The Morgan fingerprint density at radius 2 is 2.15 bits per heavy atom. The quantitative estimate of drug-likeness (QED) is 0.652. The fourth-order valence-corrected chi connectivity index (χ4v) is 2.05. The van der Waals surface area contributed by atoms with Crippen LogP contribution in [0.5, 0.6) is 0 Å². The molecule has 1 heterocycles. The summed E-state index contributed by atoms with van der Waals surface area (Å²) in [5.41, 5.74) is 0.0527. The Bertz CT molecular complexity index is 350. The minimum absolute atomic E-state index is 0.0527. The maximum atomic E-state index is 11.3. The molecule has 0 unspecified atom stereocenters. The highest BCUT2D eigenvalue weighted by Crippen LogP contribution is 2.31. The van der Waals surface area contributed by atoms with Crippen LogP contribution in [0, 0.1) is 0 Å². The zero-order chi connectivity index (χ0) is 9.26. The van der Waals surface area contributed by atoms with Gasteiger partial charge < -0.3 is 0 Å². The van der Waals surface area contributed by atoms with E-state index in [9.17, 15) is 4.79 Å². The van der Waals surface area contributed by atoms with E-state index in [4.69, 9.17) is 0 Å². The summed E-state index contributed by atoms with van der Waals surface area (Å²) in [6, 6.07) is 1.51. The Hall–Kier alpha value is -1.12. The number of hydrogen-bond acceptors (Lipinski definition) is 2. The molecule has 0 saturated heterocycles. The molecule has 0 aromatic carbocycles. The monoisotopic (exact) mass is 178 g/mol. The van der Waals surface area contributed by atoms with Crippen LogP contribution in [-0.4, -0.2) is 9.55 Å². The first-order chi connectivity index (χ1) is 6.29. The molecule has 1 aromatic heterocycles. The predicted octanol–water partition coefficient (Wildman–Crippen LogP) is 1.44. The lowest BCUT2D eigenvalue weighted by Gasteiger charge is -2.11. The van der Waals surface area contributed by atoms with Crippen molar-refractivity contribution in [2.24, 2.45) is 7.05 Å². The average molecular weight is 178 g/mol. The minimum atomic E-state index is 0.0527. The highest BCUT2D eigenvalue weighted by molar-refractivity contribution is 5.01. The molecule has 1 aromatic rings. The van der Waals surface area contributed by atoms with Crippen molar-refractivity contribution in [3.63, 3.8) is 0 Å². The van der Waals surface area contributed by atoms with Gasteiger partial charge in [-0.15, -0.1) is 0 Å². The van der Waals surface area contributed by atoms with Gasteiger partial charge in [-0.2, -0.15) is 0 Å². The van der Waals surface area contributed by atoms with Crippen LogP contribution in [0.2, 0.25) is 0 Å². The fourth-order valence-electron chi connectivity index (χ4n) is 2.05. The van der Waals surface area contributed by atoms with Gasteiger partial charge in [0.2, 0.25) is 0 Å². The molecule has 70 valence electrons. The SMILES string of the molecule is Cn1c(C2CCCC2)nccc1=O. The molecule has 0 atom stereocenters. The largest absolute Gasteiger partial charge is 0.300 e. The Morgan fingerprint density at radius 1 is 1.46 bits per heavy atom. The first-order valence-electron chi connectivity index (χ1n) is 4.81. The zero-order valence-electron chi connectivity index (χ0n) is 7.86. The summed E-state index contributed by atoms with van der Waals surface area (Å²) in [5.74, 6) is 1.48. The van der Waals surface area contributed by atoms with Crippen molar-refractivity contribution in [1.29, 1.82) is 0 Å². The van der Waals surface area contributed by atoms with Crippen molar-refractivity contribution in [2.45, 2.75) is 31.6 Å². The standard InChI is InChI=1S/C10H14N2O/c1-12-9(13)6-7-11-10(12)8-4-2-3-5-8/h6-8H,2-5H2,1H3. The van der Waals surface area contributed by atoms with Gasteiger partial charge in [0.25, 0.3) is 5.56 Å². The number of nitrogens with zero attached hydrogens (tertiary/aromatic N) is 2. The lowest BCUT2D eigenvalue weighted by Crippen LogP contribution is -2.21. The summed E-state index contributed by atoms with van der Waals surface area (Å²) in [7, 11) is 1.81. The third kappa shape index (κ3) is 1.50. The van der Waals surface area contributed by atoms with E-state index in [1.165, 1.54) is 31.7 Å². The highest BCUT2D eigenvalue weighted by Gasteiger charge is 2.20. The predicted molar refractivity (Wildman–Crippen MR) is 50.7 cm³/mol. The van der Waals surface area contributed by atoms with Gasteiger partial charge in [-0.25, -0.2) is 4.98 Å². The molecule has 0 radical (unpaired) electrons. The van der Waals surface area contributed by atoms with E-state index in [1.807, 2.05) is 7.05 Å². The Balaban J connectivity index is 2.39. The van der Waals surface area contributed by atoms with Crippen molar-refractivity contribution in [1.82, 2.24) is 9.55 Å². The van der Waals surface area contributed by atoms with Crippen molar-refractivity contribution in [3.05, 3.63) is 28.4 Å². The molecule has 3 heteroatoms. The Kier molecular flexibility index (Phi) is 2.17. The average Bonchev–Trinajstić information content (AvgIpc) is 2.62. The van der Waals surface area contributed by atoms with Crippen LogP contribution in [0.3, 0.4) is 0 Å². The second-order valence-corrected chi connectivity index (χ2v) is 3.68. The molecule has 0 bridgehead atoms. The van der Waals surface area contributed by atoms with E-state index >= 15 is 0 Å². The normalized spacial score (nSPS) is 17.9. The molecule has 1 aliphatic rings. The molecule has 2 rings (SSSR count). The van der Waals surface area contributed by atoms with Crippen LogP contribution < -0.4 is 5.56 Å². The molecular formula is C10H14N2O. The smallest absolute Gasteiger partial charge is 0.253 e. The Morgan fingerprint density at radius 3 is 2.85 bits per heavy atom. The molecule has 0 spiro atoms. The summed E-state index contributed by atoms with van der Waals surface area (Å²) in [5, 5.41) is 0. The van der Waals surface area contributed by atoms with Gasteiger partial charge in [0.15, 0.2) is 0 Å². The number of aromatic nitrogens is 2. The lowest BCUT2D eigenvalue weighted by molar-refractivity contribution is 0.604. The first kappa shape index (κ1) is 8.48. The first-order valence-corrected chi connectivity index (χ1v) is 4.81. The van der Waals surface area contributed by atoms with Crippen molar-refractivity contribution < 1.29 is 0 Å². The molecule has 13 heavy (non-hydrogen) atoms. The van der Waals surface area contributed by atoms with E-state index in [0.717, 1.165) is 5.82 Å². The molecule has 0 N–H and O–H groups in total. The maximum absolute atomic E-state index is 11.3.